The Balaban J connectivity index is 1.47. The average molecular weight is 821 g/mol. The lowest BCUT2D eigenvalue weighted by atomic mass is 9.96. The number of halogens is 5. The van der Waals surface area contributed by atoms with Crippen molar-refractivity contribution in [3.63, 3.8) is 0 Å². The van der Waals surface area contributed by atoms with Gasteiger partial charge in [-0.3, -0.25) is 14.4 Å². The zero-order valence-electron chi connectivity index (χ0n) is 30.8. The fourth-order valence-electron chi connectivity index (χ4n) is 6.44. The molecule has 0 radical (unpaired) electrons. The molecule has 1 heterocycles. The number of fused-ring (bicyclic) bond motifs is 3. The highest BCUT2D eigenvalue weighted by molar-refractivity contribution is 5.84. The third-order valence-electron chi connectivity index (χ3n) is 8.92. The number of carbonyl (C=O) groups excluding carboxylic acids is 5. The van der Waals surface area contributed by atoms with Crippen LogP contribution in [0, 0.1) is 29.1 Å². The molecule has 308 valence electrons. The van der Waals surface area contributed by atoms with Crippen molar-refractivity contribution in [1.29, 1.82) is 0 Å². The molecule has 0 bridgehead atoms. The van der Waals surface area contributed by atoms with Crippen molar-refractivity contribution >= 4 is 30.0 Å². The van der Waals surface area contributed by atoms with E-state index in [1.165, 1.54) is 0 Å². The predicted octanol–water partition coefficient (Wildman–Crippen LogP) is 5.43. The van der Waals surface area contributed by atoms with E-state index in [2.05, 4.69) is 20.1 Å². The lowest BCUT2D eigenvalue weighted by Gasteiger charge is -2.44. The molecule has 1 amide bonds. The second kappa shape index (κ2) is 18.3. The van der Waals surface area contributed by atoms with Gasteiger partial charge in [-0.05, 0) is 34.7 Å². The first-order valence-electron chi connectivity index (χ1n) is 17.2. The van der Waals surface area contributed by atoms with E-state index in [4.69, 9.17) is 28.4 Å². The lowest BCUT2D eigenvalue weighted by Crippen LogP contribution is -2.62. The van der Waals surface area contributed by atoms with Gasteiger partial charge in [-0.1, -0.05) is 53.6 Å². The maximum absolute atomic E-state index is 14.7. The summed E-state index contributed by atoms with van der Waals surface area (Å²) in [6.07, 6.45) is -9.94. The highest BCUT2D eigenvalue weighted by atomic mass is 19.2. The van der Waals surface area contributed by atoms with Gasteiger partial charge in [0, 0.05) is 31.6 Å². The normalized spacial score (nSPS) is 20.6. The molecular formula is C37H33F5N4O12. The van der Waals surface area contributed by atoms with Crippen LogP contribution in [0.3, 0.4) is 0 Å². The number of carbonyl (C=O) groups is 5. The summed E-state index contributed by atoms with van der Waals surface area (Å²) in [6, 6.07) is 10.5. The Kier molecular flexibility index (Phi) is 13.5. The van der Waals surface area contributed by atoms with Crippen LogP contribution < -0.4 is 10.1 Å². The first-order valence-corrected chi connectivity index (χ1v) is 17.2. The van der Waals surface area contributed by atoms with Crippen molar-refractivity contribution in [2.24, 2.45) is 5.11 Å². The molecule has 58 heavy (non-hydrogen) atoms. The van der Waals surface area contributed by atoms with Gasteiger partial charge in [0.15, 0.2) is 24.5 Å². The van der Waals surface area contributed by atoms with Crippen LogP contribution in [0.15, 0.2) is 53.6 Å². The van der Waals surface area contributed by atoms with E-state index in [9.17, 15) is 51.5 Å². The molecule has 7 atom stereocenters. The Bertz CT molecular complexity index is 2080. The first-order chi connectivity index (χ1) is 27.5. The summed E-state index contributed by atoms with van der Waals surface area (Å²) >= 11 is 0. The van der Waals surface area contributed by atoms with Crippen molar-refractivity contribution in [3.8, 4) is 16.9 Å². The van der Waals surface area contributed by atoms with Crippen LogP contribution in [0.25, 0.3) is 21.6 Å². The van der Waals surface area contributed by atoms with Crippen molar-refractivity contribution in [1.82, 2.24) is 5.32 Å². The van der Waals surface area contributed by atoms with Gasteiger partial charge in [0.05, 0.1) is 6.10 Å². The zero-order chi connectivity index (χ0) is 42.4. The Hall–Kier alpha value is -6.31. The fraction of sp³-hybridized carbons (Fsp3) is 0.378. The van der Waals surface area contributed by atoms with Crippen LogP contribution in [0.5, 0.6) is 5.75 Å². The zero-order valence-corrected chi connectivity index (χ0v) is 30.8. The number of esters is 4. The molecule has 3 aromatic carbocycles. The van der Waals surface area contributed by atoms with E-state index in [1.807, 2.05) is 36.4 Å². The molecule has 0 spiro atoms. The Morgan fingerprint density at radius 1 is 0.776 bits per heavy atom. The van der Waals surface area contributed by atoms with Gasteiger partial charge in [0.2, 0.25) is 34.8 Å². The second-order valence-corrected chi connectivity index (χ2v) is 12.8. The third kappa shape index (κ3) is 9.28. The van der Waals surface area contributed by atoms with Crippen molar-refractivity contribution in [2.45, 2.75) is 76.4 Å². The molecule has 1 saturated heterocycles. The van der Waals surface area contributed by atoms with E-state index < -0.39 is 120 Å². The second-order valence-electron chi connectivity index (χ2n) is 12.8. The average Bonchev–Trinajstić information content (AvgIpc) is 3.50. The molecule has 0 aromatic heterocycles. The number of nitrogens with one attached hydrogen (secondary N) is 1. The maximum Gasteiger partial charge on any atom is 0.407 e. The van der Waals surface area contributed by atoms with Crippen LogP contribution in [-0.2, 0) is 47.6 Å². The Morgan fingerprint density at radius 3 is 1.84 bits per heavy atom. The summed E-state index contributed by atoms with van der Waals surface area (Å²) in [5, 5.41) is 5.65. The summed E-state index contributed by atoms with van der Waals surface area (Å²) in [4.78, 5) is 65.6. The summed E-state index contributed by atoms with van der Waals surface area (Å²) in [5.41, 5.74) is 12.8. The summed E-state index contributed by atoms with van der Waals surface area (Å²) in [5.74, 6) is -19.6. The van der Waals surface area contributed by atoms with Crippen LogP contribution in [0.2, 0.25) is 0 Å². The summed E-state index contributed by atoms with van der Waals surface area (Å²) in [7, 11) is 0. The van der Waals surface area contributed by atoms with Crippen molar-refractivity contribution < 1.29 is 79.1 Å². The number of ether oxygens (including phenoxy) is 7. The molecule has 1 aliphatic carbocycles. The number of rotatable bonds is 13. The van der Waals surface area contributed by atoms with E-state index in [-0.39, 0.29) is 6.61 Å². The van der Waals surface area contributed by atoms with Gasteiger partial charge in [-0.15, -0.1) is 0 Å². The van der Waals surface area contributed by atoms with E-state index >= 15 is 0 Å². The van der Waals surface area contributed by atoms with Crippen LogP contribution in [0.1, 0.15) is 44.7 Å². The predicted molar refractivity (Wildman–Crippen MR) is 184 cm³/mol. The number of hydrogen-bond acceptors (Lipinski definition) is 13. The number of benzene rings is 3. The number of amides is 1. The van der Waals surface area contributed by atoms with Crippen LogP contribution >= 0.6 is 0 Å². The van der Waals surface area contributed by atoms with Gasteiger partial charge in [0.1, 0.15) is 25.4 Å². The largest absolute Gasteiger partial charge is 0.463 e. The standard InChI is InChI=1S/C37H33F5N4O12/c1-15(54-36-31(45-46-43)34(56-18(4)49)32(55-17(3)48)24(57-36)14-52-16(2)47)30(35(50)58-33-28(41)26(39)25(38)27(40)29(33)42)44-37(51)53-13-23-21-11-7-5-9-19(21)20-10-6-8-12-22(20)23/h5-12,15,23-24,30-32,34,36H,13-14H2,1-4H3,(H,44,51)/t15-,24-,30+,31-,32+,34-,36-/m1/s1. The molecule has 1 fully saturated rings. The molecule has 0 unspecified atom stereocenters. The molecule has 3 aromatic rings. The molecule has 21 heteroatoms. The quantitative estimate of drug-likeness (QED) is 0.0263. The molecule has 1 N–H and O–H groups in total. The fourth-order valence-corrected chi connectivity index (χ4v) is 6.44. The van der Waals surface area contributed by atoms with Crippen LogP contribution in [0.4, 0.5) is 26.7 Å². The van der Waals surface area contributed by atoms with Crippen molar-refractivity contribution in [2.75, 3.05) is 13.2 Å². The smallest absolute Gasteiger partial charge is 0.407 e. The van der Waals surface area contributed by atoms with Gasteiger partial charge in [-0.25, -0.2) is 22.8 Å². The maximum atomic E-state index is 14.7. The molecule has 5 rings (SSSR count). The third-order valence-corrected chi connectivity index (χ3v) is 8.92. The highest BCUT2D eigenvalue weighted by Gasteiger charge is 2.52. The Labute approximate surface area is 325 Å². The van der Waals surface area contributed by atoms with E-state index in [0.29, 0.717) is 0 Å². The highest BCUT2D eigenvalue weighted by Crippen LogP contribution is 2.44. The number of hydrogen-bond donors (Lipinski definition) is 1. The molecular weight excluding hydrogens is 787 g/mol. The van der Waals surface area contributed by atoms with Gasteiger partial charge in [0.25, 0.3) is 0 Å². The molecule has 16 nitrogen and oxygen atoms in total. The number of nitrogens with zero attached hydrogens (tertiary/aromatic N) is 3. The SMILES string of the molecule is CC(=O)OC[C@H]1O[C@@H](O[C@H](C)[C@H](NC(=O)OCC2c3ccccc3-c3ccccc32)C(=O)Oc2c(F)c(F)c(F)c(F)c2F)[C@H](N=[N+]=[N-])[C@@H](OC(C)=O)[C@H]1OC(C)=O. The van der Waals surface area contributed by atoms with Gasteiger partial charge < -0.3 is 38.5 Å². The number of alkyl carbamates (subject to hydrolysis) is 1. The minimum absolute atomic E-state index is 0.321. The van der Waals surface area contributed by atoms with Gasteiger partial charge in [-0.2, -0.15) is 8.78 Å². The van der Waals surface area contributed by atoms with E-state index in [1.54, 1.807) is 12.1 Å². The summed E-state index contributed by atoms with van der Waals surface area (Å²) in [6.45, 7) is 3.02. The van der Waals surface area contributed by atoms with Crippen molar-refractivity contribution in [3.05, 3.63) is 99.2 Å². The number of azide groups is 1. The minimum Gasteiger partial charge on any atom is -0.463 e. The minimum atomic E-state index is -2.55. The monoisotopic (exact) mass is 820 g/mol. The Morgan fingerprint density at radius 2 is 1.31 bits per heavy atom. The van der Waals surface area contributed by atoms with E-state index in [0.717, 1.165) is 49.9 Å². The molecule has 2 aliphatic rings. The topological polar surface area (TPSA) is 211 Å². The van der Waals surface area contributed by atoms with Gasteiger partial charge >= 0.3 is 30.0 Å². The lowest BCUT2D eigenvalue weighted by molar-refractivity contribution is -0.283. The van der Waals surface area contributed by atoms with Crippen LogP contribution in [-0.4, -0.2) is 86.0 Å². The summed E-state index contributed by atoms with van der Waals surface area (Å²) < 4.78 is 109. The molecule has 0 saturated carbocycles. The first kappa shape index (κ1) is 42.8. The molecule has 1 aliphatic heterocycles.